The molecule has 4 rings (SSSR count). The normalized spacial score (nSPS) is 16.3. The van der Waals surface area contributed by atoms with E-state index in [0.717, 1.165) is 24.6 Å². The van der Waals surface area contributed by atoms with Gasteiger partial charge < -0.3 is 19.3 Å². The van der Waals surface area contributed by atoms with Crippen LogP contribution in [0.1, 0.15) is 18.7 Å². The van der Waals surface area contributed by atoms with E-state index in [1.165, 1.54) is 5.69 Å². The van der Waals surface area contributed by atoms with E-state index in [-0.39, 0.29) is 6.04 Å². The van der Waals surface area contributed by atoms with Crippen molar-refractivity contribution in [2.75, 3.05) is 24.7 Å². The topological polar surface area (TPSA) is 111 Å². The van der Waals surface area contributed by atoms with Crippen LogP contribution in [0.5, 0.6) is 0 Å². The lowest BCUT2D eigenvalue weighted by atomic mass is 10.2. The average molecular weight is 413 g/mol. The predicted molar refractivity (Wildman–Crippen MR) is 93.3 cm³/mol. The van der Waals surface area contributed by atoms with Gasteiger partial charge in [0.05, 0.1) is 31.2 Å². The summed E-state index contributed by atoms with van der Waals surface area (Å²) in [6.45, 7) is 5.01. The molecule has 0 bridgehead atoms. The molecule has 10 nitrogen and oxygen atoms in total. The minimum atomic E-state index is -5.08. The van der Waals surface area contributed by atoms with Crippen LogP contribution in [0.3, 0.4) is 0 Å². The minimum absolute atomic E-state index is 0.240. The number of carbonyl (C=O) groups is 1. The maximum atomic E-state index is 10.6. The van der Waals surface area contributed by atoms with Gasteiger partial charge in [0.15, 0.2) is 5.65 Å². The highest BCUT2D eigenvalue weighted by Gasteiger charge is 2.38. The lowest BCUT2D eigenvalue weighted by Gasteiger charge is -2.34. The Bertz CT molecular complexity index is 972. The SMILES string of the molecule is CCOCC1CN(c2ccc3nncn3n2)Cc2cncn21.O=C(O)C(F)(F)F. The molecule has 1 N–H and O–H groups in total. The Labute approximate surface area is 162 Å². The molecule has 3 aromatic rings. The van der Waals surface area contributed by atoms with Crippen LogP contribution in [0, 0.1) is 0 Å². The fraction of sp³-hybridized carbons (Fsp3) is 0.438. The molecular weight excluding hydrogens is 395 g/mol. The summed E-state index contributed by atoms with van der Waals surface area (Å²) in [5.41, 5.74) is 1.92. The number of carboxylic acid groups (broad SMARTS) is 1. The highest BCUT2D eigenvalue weighted by atomic mass is 19.4. The molecule has 0 aromatic carbocycles. The van der Waals surface area contributed by atoms with Gasteiger partial charge >= 0.3 is 12.1 Å². The smallest absolute Gasteiger partial charge is 0.475 e. The van der Waals surface area contributed by atoms with E-state index in [9.17, 15) is 13.2 Å². The third-order valence-electron chi connectivity index (χ3n) is 4.15. The van der Waals surface area contributed by atoms with E-state index >= 15 is 0 Å². The molecule has 13 heteroatoms. The summed E-state index contributed by atoms with van der Waals surface area (Å²) in [6, 6.07) is 4.15. The molecule has 1 atom stereocenters. The zero-order valence-electron chi connectivity index (χ0n) is 15.3. The molecule has 0 aliphatic carbocycles. The van der Waals surface area contributed by atoms with Gasteiger partial charge in [0, 0.05) is 19.3 Å². The Kier molecular flexibility index (Phi) is 5.96. The zero-order chi connectivity index (χ0) is 21.0. The maximum absolute atomic E-state index is 10.6. The van der Waals surface area contributed by atoms with Crippen LogP contribution in [0.4, 0.5) is 19.0 Å². The minimum Gasteiger partial charge on any atom is -0.475 e. The standard InChI is InChI=1S/C14H17N7O.C2HF3O2/c1-2-22-8-12-7-19(6-11-5-15-9-20(11)12)14-4-3-13-17-16-10-21(13)18-14;3-2(4,5)1(6)7/h3-5,9-10,12H,2,6-8H2,1H3;(H,6,7). The quantitative estimate of drug-likeness (QED) is 0.686. The number of imidazole rings is 1. The Hall–Kier alpha value is -3.22. The van der Waals surface area contributed by atoms with Crippen molar-refractivity contribution in [3.05, 3.63) is 36.7 Å². The summed E-state index contributed by atoms with van der Waals surface area (Å²) in [5.74, 6) is -1.85. The number of aliphatic carboxylic acids is 1. The third-order valence-corrected chi connectivity index (χ3v) is 4.15. The maximum Gasteiger partial charge on any atom is 0.490 e. The second-order valence-electron chi connectivity index (χ2n) is 6.11. The van der Waals surface area contributed by atoms with Crippen LogP contribution in [-0.4, -0.2) is 66.4 Å². The van der Waals surface area contributed by atoms with E-state index in [1.54, 1.807) is 10.8 Å². The van der Waals surface area contributed by atoms with Gasteiger partial charge in [0.1, 0.15) is 12.1 Å². The first-order valence-electron chi connectivity index (χ1n) is 8.60. The number of aromatic nitrogens is 6. The molecule has 1 unspecified atom stereocenters. The molecule has 0 saturated carbocycles. The molecule has 0 radical (unpaired) electrons. The van der Waals surface area contributed by atoms with Crippen molar-refractivity contribution in [2.24, 2.45) is 0 Å². The number of fused-ring (bicyclic) bond motifs is 2. The number of nitrogens with zero attached hydrogens (tertiary/aromatic N) is 7. The van der Waals surface area contributed by atoms with E-state index in [4.69, 9.17) is 14.6 Å². The van der Waals surface area contributed by atoms with Crippen molar-refractivity contribution < 1.29 is 27.8 Å². The van der Waals surface area contributed by atoms with Crippen molar-refractivity contribution in [1.82, 2.24) is 29.4 Å². The number of anilines is 1. The van der Waals surface area contributed by atoms with E-state index in [1.807, 2.05) is 31.6 Å². The molecule has 1 aliphatic heterocycles. The first kappa shape index (κ1) is 20.5. The van der Waals surface area contributed by atoms with Crippen molar-refractivity contribution in [2.45, 2.75) is 25.7 Å². The van der Waals surface area contributed by atoms with Crippen molar-refractivity contribution in [3.63, 3.8) is 0 Å². The highest BCUT2D eigenvalue weighted by molar-refractivity contribution is 5.73. The van der Waals surface area contributed by atoms with Gasteiger partial charge in [-0.1, -0.05) is 0 Å². The Balaban J connectivity index is 0.000000298. The lowest BCUT2D eigenvalue weighted by molar-refractivity contribution is -0.192. The van der Waals surface area contributed by atoms with E-state index < -0.39 is 12.1 Å². The van der Waals surface area contributed by atoms with Crippen LogP contribution < -0.4 is 4.90 Å². The van der Waals surface area contributed by atoms with E-state index in [0.29, 0.717) is 13.2 Å². The second-order valence-corrected chi connectivity index (χ2v) is 6.11. The molecule has 0 amide bonds. The largest absolute Gasteiger partial charge is 0.490 e. The summed E-state index contributed by atoms with van der Waals surface area (Å²) in [7, 11) is 0. The van der Waals surface area contributed by atoms with Gasteiger partial charge in [0.2, 0.25) is 0 Å². The van der Waals surface area contributed by atoms with Crippen LogP contribution in [-0.2, 0) is 16.1 Å². The predicted octanol–water partition coefficient (Wildman–Crippen LogP) is 1.55. The number of alkyl halides is 3. The molecule has 1 aliphatic rings. The molecule has 0 saturated heterocycles. The number of ether oxygens (including phenoxy) is 1. The van der Waals surface area contributed by atoms with E-state index in [2.05, 4.69) is 29.7 Å². The van der Waals surface area contributed by atoms with Gasteiger partial charge in [-0.05, 0) is 19.1 Å². The number of hydrogen-bond donors (Lipinski definition) is 1. The summed E-state index contributed by atoms with van der Waals surface area (Å²) in [6.07, 6.45) is 0.319. The average Bonchev–Trinajstić information content (AvgIpc) is 3.33. The molecule has 0 spiro atoms. The van der Waals surface area contributed by atoms with Crippen LogP contribution in [0.2, 0.25) is 0 Å². The molecule has 29 heavy (non-hydrogen) atoms. The summed E-state index contributed by atoms with van der Waals surface area (Å²) >= 11 is 0. The highest BCUT2D eigenvalue weighted by Crippen LogP contribution is 2.25. The van der Waals surface area contributed by atoms with Crippen molar-refractivity contribution in [3.8, 4) is 0 Å². The van der Waals surface area contributed by atoms with Crippen LogP contribution in [0.15, 0.2) is 31.0 Å². The summed E-state index contributed by atoms with van der Waals surface area (Å²) in [5, 5.41) is 19.6. The number of rotatable bonds is 4. The van der Waals surface area contributed by atoms with Gasteiger partial charge in [-0.25, -0.2) is 9.78 Å². The lowest BCUT2D eigenvalue weighted by Crippen LogP contribution is -2.39. The molecular formula is C16H18F3N7O3. The molecule has 0 fully saturated rings. The van der Waals surface area contributed by atoms with Gasteiger partial charge in [0.25, 0.3) is 0 Å². The summed E-state index contributed by atoms with van der Waals surface area (Å²) < 4.78 is 41.2. The van der Waals surface area contributed by atoms with Crippen LogP contribution in [0.25, 0.3) is 5.65 Å². The van der Waals surface area contributed by atoms with Crippen molar-refractivity contribution >= 4 is 17.4 Å². The first-order valence-corrected chi connectivity index (χ1v) is 8.60. The van der Waals surface area contributed by atoms with Gasteiger partial charge in [-0.2, -0.15) is 17.7 Å². The second kappa shape index (κ2) is 8.43. The fourth-order valence-corrected chi connectivity index (χ4v) is 2.83. The van der Waals surface area contributed by atoms with Crippen molar-refractivity contribution in [1.29, 1.82) is 0 Å². The van der Waals surface area contributed by atoms with Crippen LogP contribution >= 0.6 is 0 Å². The molecule has 156 valence electrons. The number of carboxylic acids is 1. The molecule has 4 heterocycles. The summed E-state index contributed by atoms with van der Waals surface area (Å²) in [4.78, 5) is 15.4. The zero-order valence-corrected chi connectivity index (χ0v) is 15.3. The van der Waals surface area contributed by atoms with Gasteiger partial charge in [-0.3, -0.25) is 0 Å². The number of hydrogen-bond acceptors (Lipinski definition) is 7. The molecule has 3 aromatic heterocycles. The first-order chi connectivity index (χ1) is 13.8. The third kappa shape index (κ3) is 4.80. The Morgan fingerprint density at radius 3 is 2.79 bits per heavy atom. The Morgan fingerprint density at radius 1 is 1.34 bits per heavy atom. The number of halogens is 3. The monoisotopic (exact) mass is 413 g/mol. The van der Waals surface area contributed by atoms with Gasteiger partial charge in [-0.15, -0.1) is 15.3 Å². The fourth-order valence-electron chi connectivity index (χ4n) is 2.83. The Morgan fingerprint density at radius 2 is 2.10 bits per heavy atom.